The molecule has 0 radical (unpaired) electrons. The van der Waals surface area contributed by atoms with Gasteiger partial charge < -0.3 is 10.6 Å². The number of nitrogens with two attached hydrogens (primary N) is 1. The first-order valence-corrected chi connectivity index (χ1v) is 6.62. The summed E-state index contributed by atoms with van der Waals surface area (Å²) in [7, 11) is 0. The van der Waals surface area contributed by atoms with Gasteiger partial charge in [-0.2, -0.15) is 5.10 Å². The van der Waals surface area contributed by atoms with Crippen LogP contribution < -0.4 is 10.6 Å². The Morgan fingerprint density at radius 3 is 2.47 bits per heavy atom. The molecule has 2 fully saturated rings. The SMILES string of the molecule is Nc1[nH]ncc1N1CCN(C2CCCC2)CC1. The van der Waals surface area contributed by atoms with Gasteiger partial charge in [0.25, 0.3) is 0 Å². The highest BCUT2D eigenvalue weighted by Crippen LogP contribution is 2.26. The molecule has 0 atom stereocenters. The Kier molecular flexibility index (Phi) is 2.93. The molecule has 1 aromatic rings. The Hall–Kier alpha value is -1.23. The quantitative estimate of drug-likeness (QED) is 0.804. The zero-order valence-electron chi connectivity index (χ0n) is 10.2. The maximum Gasteiger partial charge on any atom is 0.142 e. The van der Waals surface area contributed by atoms with Crippen LogP contribution in [0.5, 0.6) is 0 Å². The Bertz CT molecular complexity index is 361. The van der Waals surface area contributed by atoms with Crippen LogP contribution >= 0.6 is 0 Å². The van der Waals surface area contributed by atoms with E-state index in [9.17, 15) is 0 Å². The van der Waals surface area contributed by atoms with E-state index in [0.717, 1.165) is 37.9 Å². The van der Waals surface area contributed by atoms with Crippen LogP contribution in [-0.2, 0) is 0 Å². The number of aromatic nitrogens is 2. The highest BCUT2D eigenvalue weighted by atomic mass is 15.3. The second-order valence-corrected chi connectivity index (χ2v) is 5.13. The first-order valence-electron chi connectivity index (χ1n) is 6.62. The van der Waals surface area contributed by atoms with Crippen molar-refractivity contribution in [1.82, 2.24) is 15.1 Å². The Morgan fingerprint density at radius 1 is 1.18 bits per heavy atom. The van der Waals surface area contributed by atoms with Crippen molar-refractivity contribution in [2.24, 2.45) is 0 Å². The van der Waals surface area contributed by atoms with Crippen molar-refractivity contribution in [2.45, 2.75) is 31.7 Å². The molecule has 1 aliphatic carbocycles. The van der Waals surface area contributed by atoms with E-state index in [1.807, 2.05) is 6.20 Å². The largest absolute Gasteiger partial charge is 0.382 e. The fraction of sp³-hybridized carbons (Fsp3) is 0.750. The van der Waals surface area contributed by atoms with Crippen molar-refractivity contribution in [1.29, 1.82) is 0 Å². The third kappa shape index (κ3) is 2.11. The lowest BCUT2D eigenvalue weighted by Gasteiger charge is -2.38. The van der Waals surface area contributed by atoms with E-state index in [1.165, 1.54) is 25.7 Å². The molecule has 94 valence electrons. The Morgan fingerprint density at radius 2 is 1.88 bits per heavy atom. The average molecular weight is 235 g/mol. The van der Waals surface area contributed by atoms with Crippen molar-refractivity contribution >= 4 is 11.5 Å². The molecule has 1 aliphatic heterocycles. The summed E-state index contributed by atoms with van der Waals surface area (Å²) in [6.45, 7) is 4.46. The summed E-state index contributed by atoms with van der Waals surface area (Å²) < 4.78 is 0. The molecule has 1 aromatic heterocycles. The van der Waals surface area contributed by atoms with E-state index in [0.29, 0.717) is 5.82 Å². The highest BCUT2D eigenvalue weighted by Gasteiger charge is 2.26. The topological polar surface area (TPSA) is 61.2 Å². The minimum Gasteiger partial charge on any atom is -0.382 e. The van der Waals surface area contributed by atoms with E-state index in [1.54, 1.807) is 0 Å². The van der Waals surface area contributed by atoms with Crippen molar-refractivity contribution in [2.75, 3.05) is 36.8 Å². The molecule has 0 spiro atoms. The first kappa shape index (κ1) is 10.9. The maximum atomic E-state index is 5.85. The highest BCUT2D eigenvalue weighted by molar-refractivity contribution is 5.62. The predicted molar refractivity (Wildman–Crippen MR) is 69.0 cm³/mol. The Labute approximate surface area is 102 Å². The van der Waals surface area contributed by atoms with Crippen molar-refractivity contribution in [3.63, 3.8) is 0 Å². The van der Waals surface area contributed by atoms with Gasteiger partial charge in [0.1, 0.15) is 5.82 Å². The van der Waals surface area contributed by atoms with E-state index in [-0.39, 0.29) is 0 Å². The zero-order chi connectivity index (χ0) is 11.7. The number of rotatable bonds is 2. The molecule has 2 aliphatic rings. The van der Waals surface area contributed by atoms with Crippen LogP contribution in [0.2, 0.25) is 0 Å². The van der Waals surface area contributed by atoms with Crippen molar-refractivity contribution < 1.29 is 0 Å². The normalized spacial score (nSPS) is 23.4. The van der Waals surface area contributed by atoms with Crippen LogP contribution in [0.3, 0.4) is 0 Å². The number of piperazine rings is 1. The molecular formula is C12H21N5. The molecule has 1 saturated carbocycles. The number of nitrogen functional groups attached to an aromatic ring is 1. The van der Waals surface area contributed by atoms with Gasteiger partial charge in [-0.05, 0) is 12.8 Å². The van der Waals surface area contributed by atoms with E-state index in [2.05, 4.69) is 20.0 Å². The average Bonchev–Trinajstić information content (AvgIpc) is 3.00. The van der Waals surface area contributed by atoms with Crippen LogP contribution in [0.4, 0.5) is 11.5 Å². The predicted octanol–water partition coefficient (Wildman–Crippen LogP) is 1.06. The van der Waals surface area contributed by atoms with Gasteiger partial charge in [0, 0.05) is 32.2 Å². The number of aromatic amines is 1. The Balaban J connectivity index is 1.58. The molecule has 0 unspecified atom stereocenters. The second-order valence-electron chi connectivity index (χ2n) is 5.13. The lowest BCUT2D eigenvalue weighted by atomic mass is 10.2. The minimum absolute atomic E-state index is 0.694. The van der Waals surface area contributed by atoms with Gasteiger partial charge >= 0.3 is 0 Å². The number of H-pyrrole nitrogens is 1. The van der Waals surface area contributed by atoms with E-state index >= 15 is 0 Å². The van der Waals surface area contributed by atoms with Crippen LogP contribution in [0.15, 0.2) is 6.20 Å². The van der Waals surface area contributed by atoms with Gasteiger partial charge in [0.05, 0.1) is 11.9 Å². The molecule has 3 N–H and O–H groups in total. The third-order valence-electron chi connectivity index (χ3n) is 4.14. The number of nitrogens with zero attached hydrogens (tertiary/aromatic N) is 3. The number of anilines is 2. The van der Waals surface area contributed by atoms with Crippen LogP contribution in [0.25, 0.3) is 0 Å². The standard InChI is InChI=1S/C12H21N5/c13-12-11(9-14-15-12)17-7-5-16(6-8-17)10-3-1-2-4-10/h9-10H,1-8H2,(H3,13,14,15). The molecule has 0 bridgehead atoms. The summed E-state index contributed by atoms with van der Waals surface area (Å²) in [5.41, 5.74) is 6.92. The third-order valence-corrected chi connectivity index (χ3v) is 4.14. The summed E-state index contributed by atoms with van der Waals surface area (Å²) in [6, 6.07) is 0.846. The number of nitrogens with one attached hydrogen (secondary N) is 1. The lowest BCUT2D eigenvalue weighted by Crippen LogP contribution is -2.49. The minimum atomic E-state index is 0.694. The molecule has 2 heterocycles. The summed E-state index contributed by atoms with van der Waals surface area (Å²) in [5, 5.41) is 6.79. The fourth-order valence-corrected chi connectivity index (χ4v) is 3.14. The van der Waals surface area contributed by atoms with Crippen LogP contribution in [0.1, 0.15) is 25.7 Å². The molecule has 17 heavy (non-hydrogen) atoms. The summed E-state index contributed by atoms with van der Waals surface area (Å²) in [5.74, 6) is 0.694. The van der Waals surface area contributed by atoms with Crippen LogP contribution in [-0.4, -0.2) is 47.3 Å². The molecule has 5 nitrogen and oxygen atoms in total. The fourth-order valence-electron chi connectivity index (χ4n) is 3.14. The van der Waals surface area contributed by atoms with Gasteiger partial charge in [0.15, 0.2) is 0 Å². The molecule has 3 rings (SSSR count). The van der Waals surface area contributed by atoms with Crippen LogP contribution in [0, 0.1) is 0 Å². The monoisotopic (exact) mass is 235 g/mol. The van der Waals surface area contributed by atoms with Crippen molar-refractivity contribution in [3.8, 4) is 0 Å². The first-order chi connectivity index (χ1) is 8.34. The van der Waals surface area contributed by atoms with E-state index in [4.69, 9.17) is 5.73 Å². The number of hydrogen-bond acceptors (Lipinski definition) is 4. The second kappa shape index (κ2) is 4.56. The zero-order valence-corrected chi connectivity index (χ0v) is 10.2. The maximum absolute atomic E-state index is 5.85. The summed E-state index contributed by atoms with van der Waals surface area (Å²) in [6.07, 6.45) is 7.46. The smallest absolute Gasteiger partial charge is 0.142 e. The summed E-state index contributed by atoms with van der Waals surface area (Å²) in [4.78, 5) is 4.99. The molecule has 1 saturated heterocycles. The van der Waals surface area contributed by atoms with Gasteiger partial charge in [-0.1, -0.05) is 12.8 Å². The van der Waals surface area contributed by atoms with Gasteiger partial charge in [-0.25, -0.2) is 0 Å². The summed E-state index contributed by atoms with van der Waals surface area (Å²) >= 11 is 0. The van der Waals surface area contributed by atoms with E-state index < -0.39 is 0 Å². The molecule has 0 aromatic carbocycles. The van der Waals surface area contributed by atoms with Crippen molar-refractivity contribution in [3.05, 3.63) is 6.20 Å². The van der Waals surface area contributed by atoms with Gasteiger partial charge in [-0.3, -0.25) is 10.00 Å². The molecule has 5 heteroatoms. The molecule has 0 amide bonds. The lowest BCUT2D eigenvalue weighted by molar-refractivity contribution is 0.187. The molecular weight excluding hydrogens is 214 g/mol. The van der Waals surface area contributed by atoms with Gasteiger partial charge in [-0.15, -0.1) is 0 Å². The van der Waals surface area contributed by atoms with Gasteiger partial charge in [0.2, 0.25) is 0 Å². The number of hydrogen-bond donors (Lipinski definition) is 2.